The van der Waals surface area contributed by atoms with E-state index in [-0.39, 0.29) is 23.8 Å². The molecular weight excluding hydrogens is 479 g/mol. The largest absolute Gasteiger partial charge is 0.497 e. The fourth-order valence-electron chi connectivity index (χ4n) is 4.23. The molecule has 0 spiro atoms. The van der Waals surface area contributed by atoms with Gasteiger partial charge in [-0.25, -0.2) is 17.5 Å². The molecule has 0 bridgehead atoms. The van der Waals surface area contributed by atoms with Gasteiger partial charge in [0, 0.05) is 24.6 Å². The Morgan fingerprint density at radius 3 is 2.39 bits per heavy atom. The number of sulfonamides is 1. The number of benzene rings is 3. The van der Waals surface area contributed by atoms with Crippen molar-refractivity contribution in [2.45, 2.75) is 43.3 Å². The van der Waals surface area contributed by atoms with Gasteiger partial charge in [0.15, 0.2) is 0 Å². The minimum absolute atomic E-state index is 0.0456. The normalized spacial score (nSPS) is 19.4. The summed E-state index contributed by atoms with van der Waals surface area (Å²) in [6.07, 6.45) is 4.03. The molecule has 3 aromatic carbocycles. The molecule has 0 aliphatic carbocycles. The van der Waals surface area contributed by atoms with Gasteiger partial charge in [-0.05, 0) is 49.2 Å². The number of hydrogen-bond donors (Lipinski definition) is 1. The van der Waals surface area contributed by atoms with Crippen molar-refractivity contribution in [3.05, 3.63) is 107 Å². The molecule has 1 heterocycles. The summed E-state index contributed by atoms with van der Waals surface area (Å²) in [7, 11) is -2.23. The highest BCUT2D eigenvalue weighted by atomic mass is 32.2. The summed E-state index contributed by atoms with van der Waals surface area (Å²) in [5.41, 5.74) is 2.18. The minimum atomic E-state index is -3.81. The lowest BCUT2D eigenvalue weighted by Crippen LogP contribution is -2.42. The van der Waals surface area contributed by atoms with Crippen LogP contribution in [0.1, 0.15) is 35.6 Å². The smallest absolute Gasteiger partial charge is 0.240 e. The molecule has 1 aliphatic heterocycles. The monoisotopic (exact) mass is 508 g/mol. The van der Waals surface area contributed by atoms with E-state index in [0.29, 0.717) is 17.7 Å². The SMILES string of the molecule is COc1ccc(C2/C=C\CC(NS(=O)(=O)c3ccc(C)cc3)CC(=O)N2Cc2ccccc2F)cc1. The van der Waals surface area contributed by atoms with E-state index >= 15 is 0 Å². The number of hydrogen-bond acceptors (Lipinski definition) is 4. The molecule has 1 aliphatic rings. The van der Waals surface area contributed by atoms with Crippen molar-refractivity contribution < 1.29 is 22.3 Å². The number of amides is 1. The zero-order valence-corrected chi connectivity index (χ0v) is 21.0. The van der Waals surface area contributed by atoms with Crippen molar-refractivity contribution in [3.63, 3.8) is 0 Å². The van der Waals surface area contributed by atoms with Crippen molar-refractivity contribution in [2.75, 3.05) is 7.11 Å². The van der Waals surface area contributed by atoms with Gasteiger partial charge in [0.1, 0.15) is 11.6 Å². The average Bonchev–Trinajstić information content (AvgIpc) is 2.86. The first-order valence-electron chi connectivity index (χ1n) is 11.7. The zero-order valence-electron chi connectivity index (χ0n) is 20.2. The minimum Gasteiger partial charge on any atom is -0.497 e. The highest BCUT2D eigenvalue weighted by Crippen LogP contribution is 2.30. The molecule has 8 heteroatoms. The van der Waals surface area contributed by atoms with Crippen LogP contribution in [0.3, 0.4) is 0 Å². The summed E-state index contributed by atoms with van der Waals surface area (Å²) < 4.78 is 48.4. The second kappa shape index (κ2) is 11.1. The summed E-state index contributed by atoms with van der Waals surface area (Å²) in [4.78, 5) is 15.3. The van der Waals surface area contributed by atoms with Gasteiger partial charge in [0.05, 0.1) is 18.0 Å². The molecular formula is C28H29FN2O4S. The van der Waals surface area contributed by atoms with Crippen LogP contribution in [-0.2, 0) is 21.4 Å². The second-order valence-electron chi connectivity index (χ2n) is 8.83. The van der Waals surface area contributed by atoms with Gasteiger partial charge in [0.2, 0.25) is 15.9 Å². The third-order valence-electron chi connectivity index (χ3n) is 6.23. The van der Waals surface area contributed by atoms with Crippen LogP contribution in [-0.4, -0.2) is 32.4 Å². The van der Waals surface area contributed by atoms with Crippen LogP contribution in [0.2, 0.25) is 0 Å². The number of nitrogens with zero attached hydrogens (tertiary/aromatic N) is 1. The predicted octanol–water partition coefficient (Wildman–Crippen LogP) is 4.91. The van der Waals surface area contributed by atoms with Gasteiger partial charge in [-0.1, -0.05) is 60.2 Å². The van der Waals surface area contributed by atoms with Crippen molar-refractivity contribution in [1.29, 1.82) is 0 Å². The lowest BCUT2D eigenvalue weighted by atomic mass is 9.98. The molecule has 1 amide bonds. The van der Waals surface area contributed by atoms with Gasteiger partial charge < -0.3 is 9.64 Å². The lowest BCUT2D eigenvalue weighted by Gasteiger charge is -2.33. The van der Waals surface area contributed by atoms with Crippen LogP contribution in [0.4, 0.5) is 4.39 Å². The van der Waals surface area contributed by atoms with Crippen molar-refractivity contribution in [3.8, 4) is 5.75 Å². The molecule has 2 unspecified atom stereocenters. The molecule has 1 N–H and O–H groups in total. The first kappa shape index (κ1) is 25.6. The summed E-state index contributed by atoms with van der Waals surface area (Å²) in [6.45, 7) is 1.93. The van der Waals surface area contributed by atoms with Gasteiger partial charge >= 0.3 is 0 Å². The Labute approximate surface area is 211 Å². The molecule has 188 valence electrons. The van der Waals surface area contributed by atoms with Crippen LogP contribution in [0.25, 0.3) is 0 Å². The fourth-order valence-corrected chi connectivity index (χ4v) is 5.47. The molecule has 0 saturated heterocycles. The van der Waals surface area contributed by atoms with Crippen LogP contribution in [0.15, 0.2) is 89.8 Å². The predicted molar refractivity (Wildman–Crippen MR) is 136 cm³/mol. The number of carbonyl (C=O) groups excluding carboxylic acids is 1. The van der Waals surface area contributed by atoms with Crippen LogP contribution in [0, 0.1) is 12.7 Å². The van der Waals surface area contributed by atoms with Gasteiger partial charge in [-0.2, -0.15) is 0 Å². The van der Waals surface area contributed by atoms with Crippen molar-refractivity contribution >= 4 is 15.9 Å². The van der Waals surface area contributed by atoms with Crippen molar-refractivity contribution in [1.82, 2.24) is 9.62 Å². The number of rotatable bonds is 7. The molecule has 6 nitrogen and oxygen atoms in total. The standard InChI is InChI=1S/C28H29FN2O4S/c1-20-10-16-25(17-11-20)36(33,34)30-23-7-5-9-27(21-12-14-24(35-2)15-13-21)31(28(32)18-23)19-22-6-3-4-8-26(22)29/h3-6,8-17,23,27,30H,7,18-19H2,1-2H3/b9-5-. The molecule has 3 aromatic rings. The highest BCUT2D eigenvalue weighted by Gasteiger charge is 2.30. The van der Waals surface area contributed by atoms with E-state index in [1.807, 2.05) is 43.3 Å². The Morgan fingerprint density at radius 1 is 1.03 bits per heavy atom. The summed E-state index contributed by atoms with van der Waals surface area (Å²) >= 11 is 0. The quantitative estimate of drug-likeness (QED) is 0.460. The summed E-state index contributed by atoms with van der Waals surface area (Å²) in [5.74, 6) is 0.00704. The number of carbonyl (C=O) groups is 1. The molecule has 0 saturated carbocycles. The van der Waals surface area contributed by atoms with Crippen LogP contribution in [0.5, 0.6) is 5.75 Å². The number of halogens is 1. The van der Waals surface area contributed by atoms with E-state index in [4.69, 9.17) is 4.74 Å². The van der Waals surface area contributed by atoms with Crippen LogP contribution >= 0.6 is 0 Å². The number of ether oxygens (including phenoxy) is 1. The second-order valence-corrected chi connectivity index (χ2v) is 10.5. The zero-order chi connectivity index (χ0) is 25.7. The summed E-state index contributed by atoms with van der Waals surface area (Å²) in [6, 6.07) is 19.2. The fraction of sp³-hybridized carbons (Fsp3) is 0.250. The molecule has 0 aromatic heterocycles. The van der Waals surface area contributed by atoms with E-state index in [1.165, 1.54) is 6.07 Å². The maximum atomic E-state index is 14.5. The first-order chi connectivity index (χ1) is 17.3. The topological polar surface area (TPSA) is 75.7 Å². The van der Waals surface area contributed by atoms with Gasteiger partial charge in [-0.15, -0.1) is 0 Å². The average molecular weight is 509 g/mol. The van der Waals surface area contributed by atoms with E-state index in [9.17, 15) is 17.6 Å². The molecule has 36 heavy (non-hydrogen) atoms. The Morgan fingerprint density at radius 2 is 1.72 bits per heavy atom. The Balaban J connectivity index is 1.64. The maximum Gasteiger partial charge on any atom is 0.240 e. The maximum absolute atomic E-state index is 14.5. The number of methoxy groups -OCH3 is 1. The Bertz CT molecular complexity index is 1340. The van der Waals surface area contributed by atoms with E-state index in [0.717, 1.165) is 11.1 Å². The third kappa shape index (κ3) is 6.01. The molecule has 0 radical (unpaired) electrons. The lowest BCUT2D eigenvalue weighted by molar-refractivity contribution is -0.134. The molecule has 2 atom stereocenters. The van der Waals surface area contributed by atoms with E-state index < -0.39 is 27.9 Å². The summed E-state index contributed by atoms with van der Waals surface area (Å²) in [5, 5.41) is 0. The molecule has 0 fully saturated rings. The number of aryl methyl sites for hydroxylation is 1. The Hall–Kier alpha value is -3.49. The third-order valence-corrected chi connectivity index (χ3v) is 7.76. The van der Waals surface area contributed by atoms with Gasteiger partial charge in [-0.3, -0.25) is 4.79 Å². The van der Waals surface area contributed by atoms with Crippen molar-refractivity contribution in [2.24, 2.45) is 0 Å². The highest BCUT2D eigenvalue weighted by molar-refractivity contribution is 7.89. The van der Waals surface area contributed by atoms with Gasteiger partial charge in [0.25, 0.3) is 0 Å². The number of nitrogens with one attached hydrogen (secondary N) is 1. The molecule has 4 rings (SSSR count). The van der Waals surface area contributed by atoms with E-state index in [1.54, 1.807) is 54.5 Å². The Kier molecular flexibility index (Phi) is 7.86. The van der Waals surface area contributed by atoms with E-state index in [2.05, 4.69) is 4.72 Å². The first-order valence-corrected chi connectivity index (χ1v) is 13.2. The van der Waals surface area contributed by atoms with Crippen LogP contribution < -0.4 is 9.46 Å².